The van der Waals surface area contributed by atoms with E-state index >= 15 is 0 Å². The molecule has 0 spiro atoms. The molecular weight excluding hydrogens is 175 g/mol. The van der Waals surface area contributed by atoms with E-state index in [9.17, 15) is 9.18 Å². The summed E-state index contributed by atoms with van der Waals surface area (Å²) in [6.45, 7) is 0. The van der Waals surface area contributed by atoms with Gasteiger partial charge in [0.25, 0.3) is 5.56 Å². The van der Waals surface area contributed by atoms with Gasteiger partial charge < -0.3 is 10.3 Å². The molecule has 2 heterocycles. The molecular formula is C7H7FN4O. The Morgan fingerprint density at radius 1 is 1.69 bits per heavy atom. The summed E-state index contributed by atoms with van der Waals surface area (Å²) in [5.74, 6) is -0.607. The van der Waals surface area contributed by atoms with Crippen LogP contribution in [0, 0.1) is 5.82 Å². The van der Waals surface area contributed by atoms with Crippen molar-refractivity contribution in [1.29, 1.82) is 0 Å². The third-order valence-corrected chi connectivity index (χ3v) is 1.80. The lowest BCUT2D eigenvalue weighted by Crippen LogP contribution is -2.11. The molecule has 0 atom stereocenters. The average molecular weight is 182 g/mol. The summed E-state index contributed by atoms with van der Waals surface area (Å²) >= 11 is 0. The molecule has 0 aliphatic heterocycles. The Kier molecular flexibility index (Phi) is 1.39. The van der Waals surface area contributed by atoms with Crippen LogP contribution in [0.15, 0.2) is 11.0 Å². The molecule has 2 aromatic heterocycles. The maximum atomic E-state index is 13.1. The van der Waals surface area contributed by atoms with Crippen LogP contribution in [-0.2, 0) is 7.05 Å². The van der Waals surface area contributed by atoms with Crippen LogP contribution in [0.3, 0.4) is 0 Å². The fourth-order valence-electron chi connectivity index (χ4n) is 1.24. The van der Waals surface area contributed by atoms with E-state index in [0.717, 1.165) is 0 Å². The van der Waals surface area contributed by atoms with E-state index in [0.29, 0.717) is 0 Å². The molecule has 0 saturated heterocycles. The number of aryl methyl sites for hydroxylation is 1. The number of nitrogen functional groups attached to an aromatic ring is 1. The third kappa shape index (κ3) is 0.986. The lowest BCUT2D eigenvalue weighted by molar-refractivity contribution is 0.632. The molecule has 5 nitrogen and oxygen atoms in total. The normalized spacial score (nSPS) is 10.9. The Labute approximate surface area is 72.0 Å². The zero-order chi connectivity index (χ0) is 9.59. The smallest absolute Gasteiger partial charge is 0.264 e. The Balaban J connectivity index is 3.06. The highest BCUT2D eigenvalue weighted by atomic mass is 19.1. The van der Waals surface area contributed by atoms with Crippen LogP contribution in [0.25, 0.3) is 11.0 Å². The number of aromatic nitrogens is 3. The molecule has 0 radical (unpaired) electrons. The van der Waals surface area contributed by atoms with Crippen molar-refractivity contribution in [3.8, 4) is 0 Å². The van der Waals surface area contributed by atoms with Crippen molar-refractivity contribution in [3.05, 3.63) is 22.4 Å². The Morgan fingerprint density at radius 3 is 3.08 bits per heavy atom. The highest BCUT2D eigenvalue weighted by molar-refractivity contribution is 5.76. The van der Waals surface area contributed by atoms with E-state index in [1.165, 1.54) is 10.8 Å². The van der Waals surface area contributed by atoms with Crippen molar-refractivity contribution in [2.75, 3.05) is 5.73 Å². The van der Waals surface area contributed by atoms with E-state index < -0.39 is 11.4 Å². The van der Waals surface area contributed by atoms with Gasteiger partial charge in [0.05, 0.1) is 0 Å². The number of anilines is 1. The van der Waals surface area contributed by atoms with Crippen LogP contribution < -0.4 is 11.3 Å². The van der Waals surface area contributed by atoms with Crippen molar-refractivity contribution in [1.82, 2.24) is 14.5 Å². The van der Waals surface area contributed by atoms with Gasteiger partial charge >= 0.3 is 0 Å². The van der Waals surface area contributed by atoms with Crippen LogP contribution in [0.1, 0.15) is 0 Å². The second kappa shape index (κ2) is 2.32. The van der Waals surface area contributed by atoms with Crippen LogP contribution in [0.5, 0.6) is 0 Å². The number of nitrogens with zero attached hydrogens (tertiary/aromatic N) is 2. The molecule has 2 aromatic rings. The minimum Gasteiger partial charge on any atom is -0.369 e. The van der Waals surface area contributed by atoms with Gasteiger partial charge in [0.1, 0.15) is 5.39 Å². The first kappa shape index (κ1) is 7.78. The van der Waals surface area contributed by atoms with Gasteiger partial charge in [0, 0.05) is 13.2 Å². The van der Waals surface area contributed by atoms with Crippen LogP contribution in [-0.4, -0.2) is 14.5 Å². The Hall–Kier alpha value is -1.85. The predicted molar refractivity (Wildman–Crippen MR) is 45.7 cm³/mol. The van der Waals surface area contributed by atoms with E-state index in [-0.39, 0.29) is 17.0 Å². The van der Waals surface area contributed by atoms with E-state index in [1.807, 2.05) is 0 Å². The molecule has 0 unspecified atom stereocenters. The molecule has 0 aliphatic rings. The summed E-state index contributed by atoms with van der Waals surface area (Å²) < 4.78 is 14.5. The molecule has 3 N–H and O–H groups in total. The number of hydrogen-bond acceptors (Lipinski definition) is 3. The topological polar surface area (TPSA) is 76.7 Å². The fourth-order valence-corrected chi connectivity index (χ4v) is 1.24. The fraction of sp³-hybridized carbons (Fsp3) is 0.143. The zero-order valence-corrected chi connectivity index (χ0v) is 6.84. The lowest BCUT2D eigenvalue weighted by atomic mass is 10.4. The molecule has 0 saturated carbocycles. The monoisotopic (exact) mass is 182 g/mol. The molecule has 0 aliphatic carbocycles. The number of halogens is 1. The molecule has 0 amide bonds. The van der Waals surface area contributed by atoms with Gasteiger partial charge in [0.2, 0.25) is 5.95 Å². The molecule has 2 rings (SSSR count). The highest BCUT2D eigenvalue weighted by Crippen LogP contribution is 2.12. The first-order chi connectivity index (χ1) is 6.09. The van der Waals surface area contributed by atoms with E-state index in [2.05, 4.69) is 9.97 Å². The largest absolute Gasteiger partial charge is 0.369 e. The second-order valence-corrected chi connectivity index (χ2v) is 2.74. The predicted octanol–water partition coefficient (Wildman–Crippen LogP) is -0.0171. The first-order valence-electron chi connectivity index (χ1n) is 3.60. The third-order valence-electron chi connectivity index (χ3n) is 1.80. The molecule has 13 heavy (non-hydrogen) atoms. The van der Waals surface area contributed by atoms with Crippen molar-refractivity contribution in [3.63, 3.8) is 0 Å². The average Bonchev–Trinajstić information content (AvgIpc) is 2.27. The van der Waals surface area contributed by atoms with Crippen LogP contribution >= 0.6 is 0 Å². The van der Waals surface area contributed by atoms with Crippen LogP contribution in [0.4, 0.5) is 10.3 Å². The first-order valence-corrected chi connectivity index (χ1v) is 3.60. The molecule has 0 fully saturated rings. The van der Waals surface area contributed by atoms with Gasteiger partial charge in [-0.3, -0.25) is 9.78 Å². The number of H-pyrrole nitrogens is 1. The summed E-state index contributed by atoms with van der Waals surface area (Å²) in [5.41, 5.74) is 4.99. The van der Waals surface area contributed by atoms with E-state index in [4.69, 9.17) is 5.73 Å². The summed E-state index contributed by atoms with van der Waals surface area (Å²) in [4.78, 5) is 17.2. The Morgan fingerprint density at radius 2 is 2.38 bits per heavy atom. The number of nitrogens with one attached hydrogen (secondary N) is 1. The van der Waals surface area contributed by atoms with Crippen molar-refractivity contribution in [2.24, 2.45) is 7.05 Å². The minimum absolute atomic E-state index is 0.0151. The number of rotatable bonds is 0. The summed E-state index contributed by atoms with van der Waals surface area (Å²) in [6, 6.07) is 0. The summed E-state index contributed by atoms with van der Waals surface area (Å²) in [5, 5.41) is -0.0586. The zero-order valence-electron chi connectivity index (χ0n) is 6.84. The van der Waals surface area contributed by atoms with Gasteiger partial charge in [-0.15, -0.1) is 0 Å². The highest BCUT2D eigenvalue weighted by Gasteiger charge is 2.11. The van der Waals surface area contributed by atoms with Crippen molar-refractivity contribution in [2.45, 2.75) is 0 Å². The second-order valence-electron chi connectivity index (χ2n) is 2.74. The van der Waals surface area contributed by atoms with Crippen molar-refractivity contribution >= 4 is 17.0 Å². The quantitative estimate of drug-likeness (QED) is 0.601. The minimum atomic E-state index is -0.591. The van der Waals surface area contributed by atoms with Crippen LogP contribution in [0.2, 0.25) is 0 Å². The number of nitrogens with two attached hydrogens (primary N) is 1. The maximum Gasteiger partial charge on any atom is 0.264 e. The van der Waals surface area contributed by atoms with Crippen molar-refractivity contribution < 1.29 is 4.39 Å². The molecule has 0 bridgehead atoms. The van der Waals surface area contributed by atoms with E-state index in [1.54, 1.807) is 7.05 Å². The maximum absolute atomic E-state index is 13.1. The van der Waals surface area contributed by atoms with Gasteiger partial charge in [0.15, 0.2) is 11.5 Å². The van der Waals surface area contributed by atoms with Gasteiger partial charge in [-0.2, -0.15) is 4.98 Å². The van der Waals surface area contributed by atoms with Gasteiger partial charge in [-0.1, -0.05) is 0 Å². The molecule has 6 heteroatoms. The Bertz CT molecular complexity index is 527. The number of fused-ring (bicyclic) bond motifs is 1. The summed E-state index contributed by atoms with van der Waals surface area (Å²) in [6.07, 6.45) is 1.19. The number of hydrogen-bond donors (Lipinski definition) is 2. The van der Waals surface area contributed by atoms with Gasteiger partial charge in [-0.05, 0) is 0 Å². The molecule has 0 aromatic carbocycles. The standard InChI is InChI=1S/C7H7FN4O/c1-12-2-3(8)4-5(12)10-7(9)11-6(4)13/h2H,1H3,(H3,9,10,11,13). The molecule has 68 valence electrons. The summed E-state index contributed by atoms with van der Waals surface area (Å²) in [7, 11) is 1.59. The SMILES string of the molecule is Cn1cc(F)c2c(=O)[nH]c(N)nc21. The van der Waals surface area contributed by atoms with Gasteiger partial charge in [-0.25, -0.2) is 4.39 Å². The lowest BCUT2D eigenvalue weighted by Gasteiger charge is -1.95. The number of aromatic amines is 1.